The average molecular weight is 301 g/mol. The zero-order valence-corrected chi connectivity index (χ0v) is 14.4. The molecule has 22 heavy (non-hydrogen) atoms. The van der Waals surface area contributed by atoms with Crippen molar-refractivity contribution in [3.8, 4) is 0 Å². The van der Waals surface area contributed by atoms with E-state index in [4.69, 9.17) is 4.98 Å². The number of rotatable bonds is 5. The summed E-state index contributed by atoms with van der Waals surface area (Å²) in [7, 11) is 0. The van der Waals surface area contributed by atoms with Gasteiger partial charge in [-0.05, 0) is 75.7 Å². The van der Waals surface area contributed by atoms with Crippen molar-refractivity contribution in [3.05, 3.63) is 23.4 Å². The quantitative estimate of drug-likeness (QED) is 0.807. The number of likely N-dealkylation sites (tertiary alicyclic amines) is 1. The SMILES string of the molecule is CCCCN1CCC[C@H]1c1cnc(N2CCCCC2)c(C)c1. The molecule has 0 bridgehead atoms. The first kappa shape index (κ1) is 15.8. The molecular formula is C19H31N3. The number of nitrogens with zero attached hydrogens (tertiary/aromatic N) is 3. The summed E-state index contributed by atoms with van der Waals surface area (Å²) in [5.74, 6) is 1.22. The first-order valence-corrected chi connectivity index (χ1v) is 9.25. The van der Waals surface area contributed by atoms with Gasteiger partial charge in [-0.25, -0.2) is 4.98 Å². The van der Waals surface area contributed by atoms with Crippen molar-refractivity contribution in [2.45, 2.75) is 64.8 Å². The normalized spacial score (nSPS) is 23.2. The summed E-state index contributed by atoms with van der Waals surface area (Å²) in [4.78, 5) is 10.0. The second kappa shape index (κ2) is 7.45. The zero-order valence-electron chi connectivity index (χ0n) is 14.4. The Labute approximate surface area is 135 Å². The average Bonchev–Trinajstić information content (AvgIpc) is 3.02. The molecule has 2 aliphatic rings. The fraction of sp³-hybridized carbons (Fsp3) is 0.737. The number of hydrogen-bond donors (Lipinski definition) is 0. The topological polar surface area (TPSA) is 19.4 Å². The summed E-state index contributed by atoms with van der Waals surface area (Å²) in [6, 6.07) is 3.01. The van der Waals surface area contributed by atoms with Crippen LogP contribution in [0.5, 0.6) is 0 Å². The number of hydrogen-bond acceptors (Lipinski definition) is 3. The Morgan fingerprint density at radius 2 is 1.95 bits per heavy atom. The minimum absolute atomic E-state index is 0.605. The Balaban J connectivity index is 1.73. The summed E-state index contributed by atoms with van der Waals surface area (Å²) in [5, 5.41) is 0. The molecule has 0 saturated carbocycles. The van der Waals surface area contributed by atoms with Gasteiger partial charge in [0.05, 0.1) is 0 Å². The van der Waals surface area contributed by atoms with Crippen LogP contribution in [0.2, 0.25) is 0 Å². The lowest BCUT2D eigenvalue weighted by atomic mass is 10.0. The summed E-state index contributed by atoms with van der Waals surface area (Å²) in [6.45, 7) is 9.39. The fourth-order valence-corrected chi connectivity index (χ4v) is 4.04. The van der Waals surface area contributed by atoms with Crippen molar-refractivity contribution in [3.63, 3.8) is 0 Å². The second-order valence-corrected chi connectivity index (χ2v) is 7.00. The smallest absolute Gasteiger partial charge is 0.131 e. The van der Waals surface area contributed by atoms with Crippen molar-refractivity contribution in [1.29, 1.82) is 0 Å². The molecule has 0 amide bonds. The highest BCUT2D eigenvalue weighted by molar-refractivity contribution is 5.48. The third-order valence-corrected chi connectivity index (χ3v) is 5.27. The van der Waals surface area contributed by atoms with E-state index in [1.165, 1.54) is 88.1 Å². The number of piperidine rings is 1. The monoisotopic (exact) mass is 301 g/mol. The van der Waals surface area contributed by atoms with Crippen molar-refractivity contribution in [1.82, 2.24) is 9.88 Å². The van der Waals surface area contributed by atoms with E-state index < -0.39 is 0 Å². The Bertz CT molecular complexity index is 480. The number of anilines is 1. The van der Waals surface area contributed by atoms with Crippen LogP contribution in [0, 0.1) is 6.92 Å². The van der Waals surface area contributed by atoms with Crippen LogP contribution in [-0.2, 0) is 0 Å². The maximum atomic E-state index is 4.86. The molecule has 0 aliphatic carbocycles. The lowest BCUT2D eigenvalue weighted by Crippen LogP contribution is -2.31. The highest BCUT2D eigenvalue weighted by Gasteiger charge is 2.26. The predicted octanol–water partition coefficient (Wildman–Crippen LogP) is 4.32. The van der Waals surface area contributed by atoms with Crippen molar-refractivity contribution < 1.29 is 0 Å². The molecule has 1 atom stereocenters. The predicted molar refractivity (Wildman–Crippen MR) is 93.5 cm³/mol. The second-order valence-electron chi connectivity index (χ2n) is 7.00. The lowest BCUT2D eigenvalue weighted by molar-refractivity contribution is 0.253. The standard InChI is InChI=1S/C19H31N3/c1-3-4-10-21-13-8-9-18(21)17-14-16(2)19(20-15-17)22-11-6-5-7-12-22/h14-15,18H,3-13H2,1-2H3/t18-/m0/s1. The maximum absolute atomic E-state index is 4.86. The minimum atomic E-state index is 0.605. The van der Waals surface area contributed by atoms with Gasteiger partial charge in [-0.15, -0.1) is 0 Å². The molecule has 3 rings (SSSR count). The lowest BCUT2D eigenvalue weighted by Gasteiger charge is -2.30. The van der Waals surface area contributed by atoms with Crippen LogP contribution in [-0.4, -0.2) is 36.1 Å². The largest absolute Gasteiger partial charge is 0.356 e. The number of unbranched alkanes of at least 4 members (excludes halogenated alkanes) is 1. The fourth-order valence-electron chi connectivity index (χ4n) is 4.04. The molecule has 2 fully saturated rings. The van der Waals surface area contributed by atoms with E-state index in [0.717, 1.165) is 0 Å². The molecule has 1 aromatic heterocycles. The van der Waals surface area contributed by atoms with E-state index in [0.29, 0.717) is 6.04 Å². The third kappa shape index (κ3) is 3.45. The van der Waals surface area contributed by atoms with E-state index in [1.807, 2.05) is 0 Å². The summed E-state index contributed by atoms with van der Waals surface area (Å²) in [5.41, 5.74) is 2.80. The highest BCUT2D eigenvalue weighted by atomic mass is 15.2. The van der Waals surface area contributed by atoms with Gasteiger partial charge in [0, 0.05) is 25.3 Å². The van der Waals surface area contributed by atoms with Crippen LogP contribution in [0.1, 0.15) is 69.0 Å². The number of aromatic nitrogens is 1. The molecule has 3 heterocycles. The first-order valence-electron chi connectivity index (χ1n) is 9.25. The van der Waals surface area contributed by atoms with Crippen LogP contribution >= 0.6 is 0 Å². The Morgan fingerprint density at radius 1 is 1.14 bits per heavy atom. The first-order chi connectivity index (χ1) is 10.8. The highest BCUT2D eigenvalue weighted by Crippen LogP contribution is 2.33. The van der Waals surface area contributed by atoms with Crippen molar-refractivity contribution in [2.75, 3.05) is 31.1 Å². The Morgan fingerprint density at radius 3 is 2.68 bits per heavy atom. The van der Waals surface area contributed by atoms with Gasteiger partial charge in [0.2, 0.25) is 0 Å². The molecular weight excluding hydrogens is 270 g/mol. The Kier molecular flexibility index (Phi) is 5.35. The summed E-state index contributed by atoms with van der Waals surface area (Å²) in [6.07, 6.45) is 11.4. The molecule has 0 N–H and O–H groups in total. The van der Waals surface area contributed by atoms with E-state index in [-0.39, 0.29) is 0 Å². The summed E-state index contributed by atoms with van der Waals surface area (Å²) >= 11 is 0. The zero-order chi connectivity index (χ0) is 15.4. The van der Waals surface area contributed by atoms with Gasteiger partial charge in [-0.1, -0.05) is 13.3 Å². The molecule has 2 aliphatic heterocycles. The molecule has 0 radical (unpaired) electrons. The van der Waals surface area contributed by atoms with Gasteiger partial charge in [0.25, 0.3) is 0 Å². The molecule has 2 saturated heterocycles. The van der Waals surface area contributed by atoms with Gasteiger partial charge >= 0.3 is 0 Å². The van der Waals surface area contributed by atoms with Gasteiger partial charge in [0.15, 0.2) is 0 Å². The van der Waals surface area contributed by atoms with E-state index in [9.17, 15) is 0 Å². The summed E-state index contributed by atoms with van der Waals surface area (Å²) < 4.78 is 0. The molecule has 3 nitrogen and oxygen atoms in total. The van der Waals surface area contributed by atoms with Crippen molar-refractivity contribution >= 4 is 5.82 Å². The molecule has 1 aromatic rings. The van der Waals surface area contributed by atoms with Crippen LogP contribution in [0.15, 0.2) is 12.3 Å². The van der Waals surface area contributed by atoms with Gasteiger partial charge < -0.3 is 4.90 Å². The van der Waals surface area contributed by atoms with Gasteiger partial charge in [-0.2, -0.15) is 0 Å². The molecule has 0 unspecified atom stereocenters. The Hall–Kier alpha value is -1.09. The van der Waals surface area contributed by atoms with Gasteiger partial charge in [-0.3, -0.25) is 4.90 Å². The van der Waals surface area contributed by atoms with E-state index >= 15 is 0 Å². The molecule has 3 heteroatoms. The van der Waals surface area contributed by atoms with Crippen molar-refractivity contribution in [2.24, 2.45) is 0 Å². The maximum Gasteiger partial charge on any atom is 0.131 e. The van der Waals surface area contributed by atoms with Crippen LogP contribution in [0.4, 0.5) is 5.82 Å². The van der Waals surface area contributed by atoms with Crippen LogP contribution in [0.25, 0.3) is 0 Å². The van der Waals surface area contributed by atoms with E-state index in [1.54, 1.807) is 0 Å². The van der Waals surface area contributed by atoms with Crippen LogP contribution in [0.3, 0.4) is 0 Å². The molecule has 122 valence electrons. The molecule has 0 spiro atoms. The number of aryl methyl sites for hydroxylation is 1. The number of pyridine rings is 1. The minimum Gasteiger partial charge on any atom is -0.356 e. The molecule has 0 aromatic carbocycles. The third-order valence-electron chi connectivity index (χ3n) is 5.27. The van der Waals surface area contributed by atoms with Gasteiger partial charge in [0.1, 0.15) is 5.82 Å². The van der Waals surface area contributed by atoms with E-state index in [2.05, 4.69) is 35.9 Å². The van der Waals surface area contributed by atoms with Crippen LogP contribution < -0.4 is 4.90 Å².